The maximum absolute atomic E-state index is 10.0. The van der Waals surface area contributed by atoms with E-state index in [1.54, 1.807) is 0 Å². The van der Waals surface area contributed by atoms with Crippen LogP contribution in [0, 0.1) is 0 Å². The lowest BCUT2D eigenvalue weighted by Crippen LogP contribution is -2.06. The summed E-state index contributed by atoms with van der Waals surface area (Å²) in [6, 6.07) is 0. The van der Waals surface area contributed by atoms with Gasteiger partial charge in [0.25, 0.3) is 0 Å². The molecule has 1 unspecified atom stereocenters. The third kappa shape index (κ3) is 11.5. The van der Waals surface area contributed by atoms with Crippen molar-refractivity contribution in [2.45, 2.75) is 72.8 Å². The molecule has 0 spiro atoms. The molecule has 0 radical (unpaired) electrons. The molecule has 0 aromatic rings. The van der Waals surface area contributed by atoms with E-state index in [0.29, 0.717) is 6.42 Å². The van der Waals surface area contributed by atoms with Crippen molar-refractivity contribution in [3.63, 3.8) is 0 Å². The molecule has 0 aromatic carbocycles. The Kier molecular flexibility index (Phi) is 11.8. The molecule has 0 aliphatic rings. The molecule has 0 heterocycles. The van der Waals surface area contributed by atoms with Crippen LogP contribution in [0.3, 0.4) is 0 Å². The van der Waals surface area contributed by atoms with Gasteiger partial charge in [0.1, 0.15) is 0 Å². The van der Waals surface area contributed by atoms with E-state index in [-0.39, 0.29) is 12.7 Å². The largest absolute Gasteiger partial charge is 0.392 e. The first-order valence-corrected chi connectivity index (χ1v) is 8.27. The maximum atomic E-state index is 10.0. The summed E-state index contributed by atoms with van der Waals surface area (Å²) >= 11 is 0. The van der Waals surface area contributed by atoms with E-state index in [2.05, 4.69) is 45.9 Å². The van der Waals surface area contributed by atoms with Crippen LogP contribution in [-0.4, -0.2) is 22.9 Å². The van der Waals surface area contributed by atoms with Crippen molar-refractivity contribution >= 4 is 0 Å². The molecule has 0 fully saturated rings. The lowest BCUT2D eigenvalue weighted by Gasteiger charge is -2.09. The van der Waals surface area contributed by atoms with E-state index in [1.165, 1.54) is 16.7 Å². The zero-order chi connectivity index (χ0) is 17.0. The zero-order valence-electron chi connectivity index (χ0n) is 15.0. The molecule has 2 N–H and O–H groups in total. The van der Waals surface area contributed by atoms with Crippen molar-refractivity contribution in [1.29, 1.82) is 0 Å². The van der Waals surface area contributed by atoms with Crippen LogP contribution in [0.15, 0.2) is 46.6 Å². The van der Waals surface area contributed by atoms with Crippen LogP contribution in [0.4, 0.5) is 0 Å². The lowest BCUT2D eigenvalue weighted by atomic mass is 10.0. The van der Waals surface area contributed by atoms with E-state index >= 15 is 0 Å². The summed E-state index contributed by atoms with van der Waals surface area (Å²) in [5.41, 5.74) is 4.94. The Morgan fingerprint density at radius 3 is 1.91 bits per heavy atom. The number of hydrogen-bond acceptors (Lipinski definition) is 2. The Morgan fingerprint density at radius 1 is 0.818 bits per heavy atom. The molecule has 0 saturated heterocycles. The average Bonchev–Trinajstić information content (AvgIpc) is 2.44. The number of rotatable bonds is 10. The van der Waals surface area contributed by atoms with Gasteiger partial charge in [-0.3, -0.25) is 0 Å². The Bertz CT molecular complexity index is 421. The second kappa shape index (κ2) is 12.4. The van der Waals surface area contributed by atoms with Gasteiger partial charge in [-0.2, -0.15) is 0 Å². The molecule has 0 aliphatic carbocycles. The quantitative estimate of drug-likeness (QED) is 0.552. The van der Waals surface area contributed by atoms with Gasteiger partial charge < -0.3 is 10.2 Å². The summed E-state index contributed by atoms with van der Waals surface area (Å²) in [6.07, 6.45) is 12.8. The van der Waals surface area contributed by atoms with Gasteiger partial charge in [0.15, 0.2) is 0 Å². The smallest absolute Gasteiger partial charge is 0.0781 e. The van der Waals surface area contributed by atoms with Gasteiger partial charge in [0.05, 0.1) is 12.7 Å². The topological polar surface area (TPSA) is 40.5 Å². The second-order valence-corrected chi connectivity index (χ2v) is 6.34. The molecule has 1 atom stereocenters. The van der Waals surface area contributed by atoms with Crippen LogP contribution in [0.2, 0.25) is 0 Å². The summed E-state index contributed by atoms with van der Waals surface area (Å²) < 4.78 is 0. The molecule has 22 heavy (non-hydrogen) atoms. The van der Waals surface area contributed by atoms with Gasteiger partial charge in [-0.25, -0.2) is 0 Å². The van der Waals surface area contributed by atoms with E-state index in [4.69, 9.17) is 5.11 Å². The van der Waals surface area contributed by atoms with Crippen LogP contribution in [-0.2, 0) is 0 Å². The number of hydrogen-bond donors (Lipinski definition) is 2. The average molecular weight is 306 g/mol. The summed E-state index contributed by atoms with van der Waals surface area (Å²) in [5, 5.41) is 18.8. The molecule has 0 rings (SSSR count). The molecule has 0 saturated carbocycles. The molecule has 0 aromatic heterocycles. The van der Waals surface area contributed by atoms with Crippen molar-refractivity contribution in [2.75, 3.05) is 6.61 Å². The predicted octanol–water partition coefficient (Wildman–Crippen LogP) is 5.10. The fourth-order valence-electron chi connectivity index (χ4n) is 2.10. The second-order valence-electron chi connectivity index (χ2n) is 6.34. The van der Waals surface area contributed by atoms with E-state index in [1.807, 2.05) is 13.0 Å². The number of aliphatic hydroxyl groups excluding tert-OH is 2. The van der Waals surface area contributed by atoms with Crippen LogP contribution in [0.25, 0.3) is 0 Å². The minimum atomic E-state index is -0.356. The molecule has 2 nitrogen and oxygen atoms in total. The van der Waals surface area contributed by atoms with Crippen molar-refractivity contribution in [3.05, 3.63) is 46.6 Å². The molecular weight excluding hydrogens is 272 g/mol. The monoisotopic (exact) mass is 306 g/mol. The van der Waals surface area contributed by atoms with E-state index in [9.17, 15) is 5.11 Å². The minimum absolute atomic E-state index is 0.133. The molecule has 126 valence electrons. The number of allylic oxidation sites excluding steroid dienone is 5. The van der Waals surface area contributed by atoms with Crippen LogP contribution in [0.1, 0.15) is 66.7 Å². The van der Waals surface area contributed by atoms with Gasteiger partial charge in [-0.15, -0.1) is 0 Å². The Labute approximate surface area is 137 Å². The first-order valence-electron chi connectivity index (χ1n) is 8.27. The molecule has 0 bridgehead atoms. The molecular formula is C20H34O2. The maximum Gasteiger partial charge on any atom is 0.0781 e. The van der Waals surface area contributed by atoms with Crippen LogP contribution < -0.4 is 0 Å². The first kappa shape index (κ1) is 20.9. The van der Waals surface area contributed by atoms with E-state index < -0.39 is 0 Å². The summed E-state index contributed by atoms with van der Waals surface area (Å²) in [5.74, 6) is 0. The van der Waals surface area contributed by atoms with Gasteiger partial charge in [-0.1, -0.05) is 41.0 Å². The van der Waals surface area contributed by atoms with Crippen molar-refractivity contribution < 1.29 is 10.2 Å². The highest BCUT2D eigenvalue weighted by molar-refractivity contribution is 5.10. The van der Waals surface area contributed by atoms with Crippen molar-refractivity contribution in [3.8, 4) is 0 Å². The fraction of sp³-hybridized carbons (Fsp3) is 0.600. The van der Waals surface area contributed by atoms with Gasteiger partial charge in [0.2, 0.25) is 0 Å². The predicted molar refractivity (Wildman–Crippen MR) is 96.9 cm³/mol. The van der Waals surface area contributed by atoms with Crippen LogP contribution >= 0.6 is 0 Å². The highest BCUT2D eigenvalue weighted by Gasteiger charge is 2.03. The summed E-state index contributed by atoms with van der Waals surface area (Å²) in [4.78, 5) is 0. The SMILES string of the molecule is CC(C)=CCC(O)/C(C)=C/CC/C(C)=C/CC/C(C)=C/CO. The zero-order valence-corrected chi connectivity index (χ0v) is 15.0. The van der Waals surface area contributed by atoms with Crippen LogP contribution in [0.5, 0.6) is 0 Å². The molecule has 0 aliphatic heterocycles. The number of aliphatic hydroxyl groups is 2. The summed E-state index contributed by atoms with van der Waals surface area (Å²) in [7, 11) is 0. The minimum Gasteiger partial charge on any atom is -0.392 e. The van der Waals surface area contributed by atoms with E-state index in [0.717, 1.165) is 31.3 Å². The van der Waals surface area contributed by atoms with Gasteiger partial charge in [0, 0.05) is 0 Å². The Balaban J connectivity index is 4.13. The molecule has 2 heteroatoms. The molecule has 0 amide bonds. The first-order chi connectivity index (χ1) is 10.4. The lowest BCUT2D eigenvalue weighted by molar-refractivity contribution is 0.213. The normalized spacial score (nSPS) is 15.0. The highest BCUT2D eigenvalue weighted by Crippen LogP contribution is 2.13. The van der Waals surface area contributed by atoms with Crippen molar-refractivity contribution in [2.24, 2.45) is 0 Å². The Hall–Kier alpha value is -1.12. The van der Waals surface area contributed by atoms with Gasteiger partial charge >= 0.3 is 0 Å². The highest BCUT2D eigenvalue weighted by atomic mass is 16.3. The van der Waals surface area contributed by atoms with Gasteiger partial charge in [-0.05, 0) is 72.3 Å². The van der Waals surface area contributed by atoms with Crippen molar-refractivity contribution in [1.82, 2.24) is 0 Å². The Morgan fingerprint density at radius 2 is 1.36 bits per heavy atom. The fourth-order valence-corrected chi connectivity index (χ4v) is 2.10. The third-order valence-corrected chi connectivity index (χ3v) is 3.75. The third-order valence-electron chi connectivity index (χ3n) is 3.75. The standard InChI is InChI=1S/C20H34O2/c1-16(2)12-13-20(22)19(5)11-7-10-17(3)8-6-9-18(4)14-15-21/h8,11-12,14,20-22H,6-7,9-10,13,15H2,1-5H3/b17-8+,18-14+,19-11+. The summed E-state index contributed by atoms with van der Waals surface area (Å²) in [6.45, 7) is 10.5.